The maximum Gasteiger partial charge on any atom is 0.252 e. The molecule has 0 atom stereocenters. The van der Waals surface area contributed by atoms with E-state index in [-0.39, 0.29) is 11.3 Å². The summed E-state index contributed by atoms with van der Waals surface area (Å²) >= 11 is 3.24. The van der Waals surface area contributed by atoms with Crippen LogP contribution in [0.15, 0.2) is 22.9 Å². The topological polar surface area (TPSA) is 45.2 Å². The fourth-order valence-corrected chi connectivity index (χ4v) is 2.08. The van der Waals surface area contributed by atoms with E-state index in [4.69, 9.17) is 0 Å². The molecule has 18 heavy (non-hydrogen) atoms. The summed E-state index contributed by atoms with van der Waals surface area (Å²) in [6.45, 7) is 5.83. The molecule has 0 saturated carbocycles. The molecule has 0 saturated heterocycles. The molecule has 1 aromatic heterocycles. The van der Waals surface area contributed by atoms with Crippen LogP contribution >= 0.6 is 15.9 Å². The van der Waals surface area contributed by atoms with Crippen molar-refractivity contribution in [1.82, 2.24) is 15.2 Å². The first-order chi connectivity index (χ1) is 8.30. The lowest BCUT2D eigenvalue weighted by Gasteiger charge is -2.28. The predicted molar refractivity (Wildman–Crippen MR) is 76.6 cm³/mol. The number of nitrogens with one attached hydrogen (secondary N) is 1. The summed E-state index contributed by atoms with van der Waals surface area (Å²) in [5, 5.41) is 2.94. The Labute approximate surface area is 117 Å². The summed E-state index contributed by atoms with van der Waals surface area (Å²) in [6.07, 6.45) is 1.57. The van der Waals surface area contributed by atoms with Gasteiger partial charge < -0.3 is 10.2 Å². The highest BCUT2D eigenvalue weighted by atomic mass is 79.9. The first-order valence-corrected chi connectivity index (χ1v) is 6.64. The maximum atomic E-state index is 11.9. The van der Waals surface area contributed by atoms with E-state index in [1.165, 1.54) is 0 Å². The summed E-state index contributed by atoms with van der Waals surface area (Å²) in [4.78, 5) is 18.1. The summed E-state index contributed by atoms with van der Waals surface area (Å²) in [5.74, 6) is -0.0816. The van der Waals surface area contributed by atoms with Crippen LogP contribution in [-0.2, 0) is 0 Å². The molecule has 0 aliphatic rings. The minimum Gasteiger partial charge on any atom is -0.351 e. The minimum absolute atomic E-state index is 0.0436. The van der Waals surface area contributed by atoms with Gasteiger partial charge in [0.05, 0.1) is 5.56 Å². The Morgan fingerprint density at radius 1 is 1.44 bits per heavy atom. The first kappa shape index (κ1) is 15.1. The molecule has 0 unspecified atom stereocenters. The zero-order valence-electron chi connectivity index (χ0n) is 11.3. The van der Waals surface area contributed by atoms with E-state index in [0.717, 1.165) is 11.1 Å². The molecule has 0 fully saturated rings. The van der Waals surface area contributed by atoms with Gasteiger partial charge in [-0.1, -0.05) is 13.8 Å². The van der Waals surface area contributed by atoms with E-state index in [1.807, 2.05) is 14.1 Å². The summed E-state index contributed by atoms with van der Waals surface area (Å²) in [6, 6.07) is 3.52. The van der Waals surface area contributed by atoms with Crippen LogP contribution in [0.3, 0.4) is 0 Å². The summed E-state index contributed by atoms with van der Waals surface area (Å²) < 4.78 is 0.729. The summed E-state index contributed by atoms with van der Waals surface area (Å²) in [5.41, 5.74) is 0.626. The fraction of sp³-hybridized carbons (Fsp3) is 0.538. The van der Waals surface area contributed by atoms with Gasteiger partial charge in [-0.2, -0.15) is 0 Å². The van der Waals surface area contributed by atoms with Crippen molar-refractivity contribution in [1.29, 1.82) is 0 Å². The number of hydrogen-bond donors (Lipinski definition) is 1. The maximum absolute atomic E-state index is 11.9. The third-order valence-electron chi connectivity index (χ3n) is 2.46. The van der Waals surface area contributed by atoms with Crippen LogP contribution in [0, 0.1) is 5.41 Å². The average molecular weight is 314 g/mol. The Morgan fingerprint density at radius 2 is 2.11 bits per heavy atom. The van der Waals surface area contributed by atoms with Crippen LogP contribution < -0.4 is 5.32 Å². The van der Waals surface area contributed by atoms with Gasteiger partial charge in [0.1, 0.15) is 4.60 Å². The number of carbonyl (C=O) groups excluding carboxylic acids is 1. The highest BCUT2D eigenvalue weighted by molar-refractivity contribution is 9.10. The van der Waals surface area contributed by atoms with Gasteiger partial charge in [-0.3, -0.25) is 4.79 Å². The fourth-order valence-electron chi connectivity index (χ4n) is 1.84. The number of halogens is 1. The molecule has 4 nitrogen and oxygen atoms in total. The molecule has 0 spiro atoms. The molecular formula is C13H20BrN3O. The lowest BCUT2D eigenvalue weighted by Crippen LogP contribution is -2.40. The zero-order chi connectivity index (χ0) is 13.8. The number of nitrogens with zero attached hydrogens (tertiary/aromatic N) is 2. The largest absolute Gasteiger partial charge is 0.351 e. The molecule has 1 N–H and O–H groups in total. The lowest BCUT2D eigenvalue weighted by atomic mass is 9.93. The standard InChI is InChI=1S/C13H20BrN3O/c1-13(2,9-17(3)4)8-16-12(18)10-5-6-11(14)15-7-10/h5-7H,8-9H2,1-4H3,(H,16,18). The van der Waals surface area contributed by atoms with E-state index in [2.05, 4.69) is 45.0 Å². The molecule has 0 bridgehead atoms. The normalized spacial score (nSPS) is 11.7. The van der Waals surface area contributed by atoms with E-state index >= 15 is 0 Å². The van der Waals surface area contributed by atoms with Gasteiger partial charge in [0.2, 0.25) is 0 Å². The molecule has 100 valence electrons. The monoisotopic (exact) mass is 313 g/mol. The number of rotatable bonds is 5. The van der Waals surface area contributed by atoms with Crippen LogP contribution in [0.5, 0.6) is 0 Å². The minimum atomic E-state index is -0.0816. The molecule has 1 heterocycles. The number of hydrogen-bond acceptors (Lipinski definition) is 3. The van der Waals surface area contributed by atoms with Gasteiger partial charge >= 0.3 is 0 Å². The van der Waals surface area contributed by atoms with E-state index in [0.29, 0.717) is 12.1 Å². The van der Waals surface area contributed by atoms with Crippen molar-refractivity contribution < 1.29 is 4.79 Å². The van der Waals surface area contributed by atoms with Gasteiger partial charge in [0.25, 0.3) is 5.91 Å². The van der Waals surface area contributed by atoms with E-state index in [9.17, 15) is 4.79 Å². The van der Waals surface area contributed by atoms with Gasteiger partial charge in [0, 0.05) is 19.3 Å². The number of aromatic nitrogens is 1. The Balaban J connectivity index is 2.53. The van der Waals surface area contributed by atoms with Crippen molar-refractivity contribution in [3.05, 3.63) is 28.5 Å². The molecule has 0 radical (unpaired) electrons. The second kappa shape index (κ2) is 6.29. The van der Waals surface area contributed by atoms with Crippen molar-refractivity contribution in [2.75, 3.05) is 27.2 Å². The van der Waals surface area contributed by atoms with Crippen LogP contribution in [0.2, 0.25) is 0 Å². The van der Waals surface area contributed by atoms with Crippen molar-refractivity contribution in [2.45, 2.75) is 13.8 Å². The van der Waals surface area contributed by atoms with Crippen molar-refractivity contribution in [3.8, 4) is 0 Å². The number of amides is 1. The molecule has 1 rings (SSSR count). The number of pyridine rings is 1. The van der Waals surface area contributed by atoms with Gasteiger partial charge in [-0.05, 0) is 47.6 Å². The van der Waals surface area contributed by atoms with E-state index < -0.39 is 0 Å². The predicted octanol–water partition coefficient (Wildman–Crippen LogP) is 2.16. The highest BCUT2D eigenvalue weighted by Gasteiger charge is 2.20. The third-order valence-corrected chi connectivity index (χ3v) is 2.93. The molecule has 5 heteroatoms. The molecule has 0 aliphatic carbocycles. The van der Waals surface area contributed by atoms with Crippen LogP contribution in [0.4, 0.5) is 0 Å². The molecule has 1 aromatic rings. The molecule has 0 aliphatic heterocycles. The van der Waals surface area contributed by atoms with Gasteiger partial charge in [-0.15, -0.1) is 0 Å². The Hall–Kier alpha value is -0.940. The highest BCUT2D eigenvalue weighted by Crippen LogP contribution is 2.14. The SMILES string of the molecule is CN(C)CC(C)(C)CNC(=O)c1ccc(Br)nc1. The van der Waals surface area contributed by atoms with Gasteiger partial charge in [0.15, 0.2) is 0 Å². The Bertz CT molecular complexity index is 401. The Kier molecular flexibility index (Phi) is 5.28. The van der Waals surface area contributed by atoms with Crippen LogP contribution in [0.1, 0.15) is 24.2 Å². The van der Waals surface area contributed by atoms with Crippen molar-refractivity contribution >= 4 is 21.8 Å². The Morgan fingerprint density at radius 3 is 2.61 bits per heavy atom. The number of carbonyl (C=O) groups is 1. The quantitative estimate of drug-likeness (QED) is 0.847. The zero-order valence-corrected chi connectivity index (χ0v) is 12.9. The van der Waals surface area contributed by atoms with Crippen molar-refractivity contribution in [2.24, 2.45) is 5.41 Å². The second-order valence-corrected chi connectivity index (χ2v) is 6.27. The molecule has 1 amide bonds. The van der Waals surface area contributed by atoms with Gasteiger partial charge in [-0.25, -0.2) is 4.98 Å². The smallest absolute Gasteiger partial charge is 0.252 e. The second-order valence-electron chi connectivity index (χ2n) is 5.45. The lowest BCUT2D eigenvalue weighted by molar-refractivity contribution is 0.0929. The molecule has 0 aromatic carbocycles. The van der Waals surface area contributed by atoms with Crippen LogP contribution in [-0.4, -0.2) is 43.0 Å². The van der Waals surface area contributed by atoms with Crippen molar-refractivity contribution in [3.63, 3.8) is 0 Å². The third kappa shape index (κ3) is 5.14. The van der Waals surface area contributed by atoms with Crippen LogP contribution in [0.25, 0.3) is 0 Å². The van der Waals surface area contributed by atoms with E-state index in [1.54, 1.807) is 18.3 Å². The molecular weight excluding hydrogens is 294 g/mol. The first-order valence-electron chi connectivity index (χ1n) is 5.85. The summed E-state index contributed by atoms with van der Waals surface area (Å²) in [7, 11) is 4.06. The average Bonchev–Trinajstić information content (AvgIpc) is 2.25.